The topological polar surface area (TPSA) is 0 Å². The average molecular weight is 357 g/mol. The molecule has 4 atom stereocenters. The average Bonchev–Trinajstić information content (AvgIpc) is 2.70. The molecule has 0 rings (SSSR count). The second-order valence-corrected chi connectivity index (χ2v) is 6.73. The Labute approximate surface area is 164 Å². The number of hydrogen-bond donors (Lipinski definition) is 0. The third-order valence-electron chi connectivity index (χ3n) is 5.33. The molecule has 0 heterocycles. The van der Waals surface area contributed by atoms with Crippen molar-refractivity contribution in [3.05, 3.63) is 13.2 Å². The maximum absolute atomic E-state index is 3.00. The molecule has 0 aliphatic rings. The molecule has 0 aromatic rings. The van der Waals surface area contributed by atoms with Gasteiger partial charge in [0, 0.05) is 0 Å². The molecule has 0 spiro atoms. The van der Waals surface area contributed by atoms with Crippen LogP contribution in [0.15, 0.2) is 13.2 Å². The maximum atomic E-state index is 3.00. The fourth-order valence-corrected chi connectivity index (χ4v) is 3.59. The summed E-state index contributed by atoms with van der Waals surface area (Å²) >= 11 is 0. The lowest BCUT2D eigenvalue weighted by Crippen LogP contribution is -2.16. The summed E-state index contributed by atoms with van der Waals surface area (Å²) in [5.74, 6) is 3.86. The maximum Gasteiger partial charge on any atom is -0.0388 e. The summed E-state index contributed by atoms with van der Waals surface area (Å²) in [4.78, 5) is 0. The molecule has 0 nitrogen and oxygen atoms in total. The molecule has 0 radical (unpaired) electrons. The van der Waals surface area contributed by atoms with Gasteiger partial charge in [-0.1, -0.05) is 114 Å². The van der Waals surface area contributed by atoms with Gasteiger partial charge in [-0.2, -0.15) is 0 Å². The second-order valence-electron chi connectivity index (χ2n) is 6.73. The molecule has 0 amide bonds. The van der Waals surface area contributed by atoms with Crippen LogP contribution in [0.25, 0.3) is 0 Å². The lowest BCUT2D eigenvalue weighted by Gasteiger charge is -2.27. The zero-order valence-electron chi connectivity index (χ0n) is 20.1. The summed E-state index contributed by atoms with van der Waals surface area (Å²) in [6.07, 6.45) is 12.7. The molecule has 0 aliphatic heterocycles. The predicted molar refractivity (Wildman–Crippen MR) is 124 cm³/mol. The van der Waals surface area contributed by atoms with Gasteiger partial charge in [0.2, 0.25) is 0 Å². The van der Waals surface area contributed by atoms with Gasteiger partial charge in [0.25, 0.3) is 0 Å². The molecule has 0 bridgehead atoms. The monoisotopic (exact) mass is 356 g/mol. The van der Waals surface area contributed by atoms with Crippen LogP contribution in [-0.4, -0.2) is 0 Å². The van der Waals surface area contributed by atoms with Crippen LogP contribution in [0.3, 0.4) is 0 Å². The smallest absolute Gasteiger partial charge is 0.0388 e. The van der Waals surface area contributed by atoms with Crippen molar-refractivity contribution in [1.29, 1.82) is 0 Å². The van der Waals surface area contributed by atoms with Crippen molar-refractivity contribution in [2.45, 2.75) is 127 Å². The van der Waals surface area contributed by atoms with Crippen molar-refractivity contribution in [3.63, 3.8) is 0 Å². The normalized spacial score (nSPS) is 14.3. The molecule has 0 aromatic heterocycles. The summed E-state index contributed by atoms with van der Waals surface area (Å²) in [6.45, 7) is 28.3. The molecular formula is C25H56. The number of rotatable bonds is 12. The molecule has 0 saturated heterocycles. The van der Waals surface area contributed by atoms with Gasteiger partial charge in [-0.25, -0.2) is 0 Å². The van der Waals surface area contributed by atoms with Crippen molar-refractivity contribution >= 4 is 0 Å². The van der Waals surface area contributed by atoms with Crippen molar-refractivity contribution in [1.82, 2.24) is 0 Å². The van der Waals surface area contributed by atoms with E-state index in [1.54, 1.807) is 0 Å². The highest BCUT2D eigenvalue weighted by Gasteiger charge is 2.19. The molecule has 0 saturated carbocycles. The minimum atomic E-state index is 0.919. The zero-order chi connectivity index (χ0) is 20.7. The first-order valence-corrected chi connectivity index (χ1v) is 11.6. The molecule has 0 N–H and O–H groups in total. The lowest BCUT2D eigenvalue weighted by molar-refractivity contribution is 0.242. The van der Waals surface area contributed by atoms with E-state index >= 15 is 0 Å². The SMILES string of the molecule is C=C.CC.CC.CCCC(CC)C(CC)CCC(CC)CC(C)CC. The van der Waals surface area contributed by atoms with Crippen LogP contribution in [0.5, 0.6) is 0 Å². The predicted octanol–water partition coefficient (Wildman–Crippen LogP) is 9.94. The van der Waals surface area contributed by atoms with Gasteiger partial charge in [0.05, 0.1) is 0 Å². The van der Waals surface area contributed by atoms with Gasteiger partial charge in [-0.15, -0.1) is 13.2 Å². The van der Waals surface area contributed by atoms with E-state index in [4.69, 9.17) is 0 Å². The van der Waals surface area contributed by atoms with Crippen LogP contribution in [-0.2, 0) is 0 Å². The van der Waals surface area contributed by atoms with E-state index in [-0.39, 0.29) is 0 Å². The van der Waals surface area contributed by atoms with Crippen LogP contribution in [0, 0.1) is 23.7 Å². The van der Waals surface area contributed by atoms with E-state index < -0.39 is 0 Å². The fraction of sp³-hybridized carbons (Fsp3) is 0.920. The molecule has 0 heteroatoms. The summed E-state index contributed by atoms with van der Waals surface area (Å²) < 4.78 is 0. The molecule has 0 aliphatic carbocycles. The molecule has 25 heavy (non-hydrogen) atoms. The highest BCUT2D eigenvalue weighted by molar-refractivity contribution is 4.71. The summed E-state index contributed by atoms with van der Waals surface area (Å²) in [6, 6.07) is 0. The van der Waals surface area contributed by atoms with E-state index in [9.17, 15) is 0 Å². The zero-order valence-corrected chi connectivity index (χ0v) is 20.1. The third kappa shape index (κ3) is 19.9. The van der Waals surface area contributed by atoms with E-state index in [0.717, 1.165) is 23.7 Å². The molecular weight excluding hydrogens is 300 g/mol. The van der Waals surface area contributed by atoms with Crippen molar-refractivity contribution in [3.8, 4) is 0 Å². The van der Waals surface area contributed by atoms with Crippen molar-refractivity contribution in [2.24, 2.45) is 23.7 Å². The van der Waals surface area contributed by atoms with Crippen LogP contribution >= 0.6 is 0 Å². The van der Waals surface area contributed by atoms with Gasteiger partial charge in [0.15, 0.2) is 0 Å². The quantitative estimate of drug-likeness (QED) is 0.305. The molecule has 0 aromatic carbocycles. The first-order valence-electron chi connectivity index (χ1n) is 11.6. The fourth-order valence-electron chi connectivity index (χ4n) is 3.59. The second kappa shape index (κ2) is 28.5. The first kappa shape index (κ1) is 32.4. The van der Waals surface area contributed by atoms with Gasteiger partial charge < -0.3 is 0 Å². The Morgan fingerprint density at radius 2 is 1.04 bits per heavy atom. The van der Waals surface area contributed by atoms with Crippen molar-refractivity contribution in [2.75, 3.05) is 0 Å². The molecule has 156 valence electrons. The summed E-state index contributed by atoms with van der Waals surface area (Å²) in [5, 5.41) is 0. The van der Waals surface area contributed by atoms with Crippen LogP contribution in [0.2, 0.25) is 0 Å². The Morgan fingerprint density at radius 1 is 0.600 bits per heavy atom. The standard InChI is InChI=1S/C19H40.2C2H6.C2H4/c1-7-12-18(10-4)19(11-5)14-13-17(9-3)15-16(6)8-2;3*1-2/h16-19H,7-15H2,1-6H3;2*1-2H3;1-2H2. The van der Waals surface area contributed by atoms with Crippen LogP contribution in [0.4, 0.5) is 0 Å². The van der Waals surface area contributed by atoms with Gasteiger partial charge in [-0.05, 0) is 36.5 Å². The third-order valence-corrected chi connectivity index (χ3v) is 5.33. The van der Waals surface area contributed by atoms with E-state index in [2.05, 4.69) is 54.7 Å². The van der Waals surface area contributed by atoms with E-state index in [1.807, 2.05) is 27.7 Å². The van der Waals surface area contributed by atoms with Crippen LogP contribution in [0.1, 0.15) is 127 Å². The Kier molecular flexibility index (Phi) is 37.0. The van der Waals surface area contributed by atoms with E-state index in [0.29, 0.717) is 0 Å². The minimum Gasteiger partial charge on any atom is -0.106 e. The number of hydrogen-bond acceptors (Lipinski definition) is 0. The largest absolute Gasteiger partial charge is 0.106 e. The van der Waals surface area contributed by atoms with Crippen LogP contribution < -0.4 is 0 Å². The Balaban J connectivity index is -0.000000329. The summed E-state index contributed by atoms with van der Waals surface area (Å²) in [7, 11) is 0. The van der Waals surface area contributed by atoms with Gasteiger partial charge >= 0.3 is 0 Å². The Bertz CT molecular complexity index is 196. The highest BCUT2D eigenvalue weighted by Crippen LogP contribution is 2.31. The molecule has 4 unspecified atom stereocenters. The first-order chi connectivity index (χ1) is 12.1. The molecule has 0 fully saturated rings. The minimum absolute atomic E-state index is 0.919. The Morgan fingerprint density at radius 3 is 1.36 bits per heavy atom. The lowest BCUT2D eigenvalue weighted by atomic mass is 9.78. The van der Waals surface area contributed by atoms with Gasteiger partial charge in [-0.3, -0.25) is 0 Å². The van der Waals surface area contributed by atoms with E-state index in [1.165, 1.54) is 57.8 Å². The van der Waals surface area contributed by atoms with Gasteiger partial charge in [0.1, 0.15) is 0 Å². The summed E-state index contributed by atoms with van der Waals surface area (Å²) in [5.41, 5.74) is 0. The highest BCUT2D eigenvalue weighted by atomic mass is 14.2. The van der Waals surface area contributed by atoms with Crippen molar-refractivity contribution < 1.29 is 0 Å². The Hall–Kier alpha value is -0.260.